The molecule has 0 saturated carbocycles. The van der Waals surface area contributed by atoms with Gasteiger partial charge in [-0.2, -0.15) is 0 Å². The lowest BCUT2D eigenvalue weighted by Gasteiger charge is -2.35. The molecule has 3 aromatic rings. The van der Waals surface area contributed by atoms with Crippen molar-refractivity contribution >= 4 is 21.6 Å². The number of rotatable bonds is 8. The summed E-state index contributed by atoms with van der Waals surface area (Å²) in [7, 11) is -2.43. The molecule has 0 spiro atoms. The largest absolute Gasteiger partial charge is 0.497 e. The van der Waals surface area contributed by atoms with E-state index in [9.17, 15) is 13.2 Å². The number of amides is 1. The molecule has 0 aliphatic carbocycles. The van der Waals surface area contributed by atoms with Crippen molar-refractivity contribution < 1.29 is 22.7 Å². The summed E-state index contributed by atoms with van der Waals surface area (Å²) >= 11 is 0. The molecule has 38 heavy (non-hydrogen) atoms. The number of aryl methyl sites for hydroxylation is 1. The third-order valence-corrected chi connectivity index (χ3v) is 8.81. The molecule has 0 aromatic heterocycles. The fourth-order valence-corrected chi connectivity index (χ4v) is 6.33. The molecule has 2 heterocycles. The maximum absolute atomic E-state index is 13.7. The molecular weight excluding hydrogens is 502 g/mol. The van der Waals surface area contributed by atoms with Gasteiger partial charge in [0.05, 0.1) is 24.2 Å². The summed E-state index contributed by atoms with van der Waals surface area (Å²) in [6.45, 7) is 5.31. The third kappa shape index (κ3) is 5.63. The van der Waals surface area contributed by atoms with Crippen LogP contribution in [0.3, 0.4) is 0 Å². The molecule has 5 rings (SSSR count). The van der Waals surface area contributed by atoms with Gasteiger partial charge in [-0.25, -0.2) is 8.42 Å². The van der Waals surface area contributed by atoms with Crippen molar-refractivity contribution in [3.05, 3.63) is 83.4 Å². The van der Waals surface area contributed by atoms with Crippen LogP contribution in [0.2, 0.25) is 0 Å². The number of hydrogen-bond donors (Lipinski definition) is 1. The molecule has 0 unspecified atom stereocenters. The Morgan fingerprint density at radius 2 is 1.68 bits per heavy atom. The number of sulfonamides is 1. The first-order valence-corrected chi connectivity index (χ1v) is 14.3. The normalized spacial score (nSPS) is 17.5. The van der Waals surface area contributed by atoms with Crippen molar-refractivity contribution in [3.63, 3.8) is 0 Å². The number of carbonyl (C=O) groups is 1. The van der Waals surface area contributed by atoms with E-state index < -0.39 is 16.1 Å². The van der Waals surface area contributed by atoms with E-state index in [1.54, 1.807) is 24.3 Å². The van der Waals surface area contributed by atoms with Crippen LogP contribution in [0.5, 0.6) is 11.5 Å². The van der Waals surface area contributed by atoms with Gasteiger partial charge in [0.15, 0.2) is 6.10 Å². The van der Waals surface area contributed by atoms with Crippen LogP contribution in [-0.2, 0) is 27.9 Å². The monoisotopic (exact) mass is 535 g/mol. The molecule has 2 aliphatic rings. The van der Waals surface area contributed by atoms with E-state index in [1.165, 1.54) is 42.0 Å². The number of carbonyl (C=O) groups excluding carboxylic acids is 1. The van der Waals surface area contributed by atoms with Crippen LogP contribution in [0, 0.1) is 6.92 Å². The van der Waals surface area contributed by atoms with Crippen LogP contribution in [0.1, 0.15) is 29.5 Å². The van der Waals surface area contributed by atoms with Crippen LogP contribution in [0.15, 0.2) is 71.6 Å². The molecule has 0 radical (unpaired) electrons. The molecule has 0 bridgehead atoms. The molecule has 1 N–H and O–H groups in total. The Bertz CT molecular complexity index is 1380. The molecule has 3 aromatic carbocycles. The van der Waals surface area contributed by atoms with Crippen LogP contribution < -0.4 is 19.1 Å². The maximum Gasteiger partial charge on any atom is 0.264 e. The topological polar surface area (TPSA) is 88.2 Å². The smallest absolute Gasteiger partial charge is 0.264 e. The van der Waals surface area contributed by atoms with Gasteiger partial charge in [-0.05, 0) is 85.9 Å². The summed E-state index contributed by atoms with van der Waals surface area (Å²) in [6, 6.07) is 19.7. The summed E-state index contributed by atoms with van der Waals surface area (Å²) in [4.78, 5) is 15.7. The Balaban J connectivity index is 1.30. The number of hydrogen-bond acceptors (Lipinski definition) is 6. The zero-order valence-electron chi connectivity index (χ0n) is 21.7. The van der Waals surface area contributed by atoms with E-state index in [2.05, 4.69) is 22.3 Å². The van der Waals surface area contributed by atoms with Gasteiger partial charge in [0.2, 0.25) is 0 Å². The first-order valence-electron chi connectivity index (χ1n) is 12.9. The number of nitrogens with zero attached hydrogens (tertiary/aromatic N) is 2. The van der Waals surface area contributed by atoms with E-state index in [0.29, 0.717) is 23.7 Å². The lowest BCUT2D eigenvalue weighted by atomic mass is 10.1. The fraction of sp³-hybridized carbons (Fsp3) is 0.345. The van der Waals surface area contributed by atoms with Gasteiger partial charge in [-0.15, -0.1) is 0 Å². The SMILES string of the molecule is COc1ccc(S(=O)(=O)N2C[C@H](C(=O)NCc3ccc(CN4CCCC4)cc3)Oc3ccc(C)cc32)cc1. The van der Waals surface area contributed by atoms with Gasteiger partial charge in [0.25, 0.3) is 15.9 Å². The molecule has 1 fully saturated rings. The summed E-state index contributed by atoms with van der Waals surface area (Å²) in [5.41, 5.74) is 3.53. The van der Waals surface area contributed by atoms with Gasteiger partial charge < -0.3 is 14.8 Å². The molecular formula is C29H33N3O5S. The Kier molecular flexibility index (Phi) is 7.58. The van der Waals surface area contributed by atoms with Gasteiger partial charge in [-0.1, -0.05) is 30.3 Å². The summed E-state index contributed by atoms with van der Waals surface area (Å²) < 4.78 is 39.7. The van der Waals surface area contributed by atoms with Gasteiger partial charge in [0.1, 0.15) is 11.5 Å². The Labute approximate surface area is 224 Å². The zero-order chi connectivity index (χ0) is 26.7. The molecule has 8 nitrogen and oxygen atoms in total. The van der Waals surface area contributed by atoms with Crippen LogP contribution >= 0.6 is 0 Å². The second-order valence-electron chi connectivity index (χ2n) is 9.81. The number of ether oxygens (including phenoxy) is 2. The van der Waals surface area contributed by atoms with Crippen molar-refractivity contribution in [1.82, 2.24) is 10.2 Å². The van der Waals surface area contributed by atoms with E-state index in [-0.39, 0.29) is 17.3 Å². The van der Waals surface area contributed by atoms with Crippen molar-refractivity contribution in [2.24, 2.45) is 0 Å². The highest BCUT2D eigenvalue weighted by molar-refractivity contribution is 7.92. The first kappa shape index (κ1) is 26.1. The molecule has 200 valence electrons. The minimum atomic E-state index is -3.95. The highest BCUT2D eigenvalue weighted by Crippen LogP contribution is 2.38. The van der Waals surface area contributed by atoms with Crippen molar-refractivity contribution in [2.45, 2.75) is 43.9 Å². The second kappa shape index (κ2) is 11.0. The summed E-state index contributed by atoms with van der Waals surface area (Å²) in [5.74, 6) is 0.543. The highest BCUT2D eigenvalue weighted by atomic mass is 32.2. The number of likely N-dealkylation sites (tertiary alicyclic amines) is 1. The summed E-state index contributed by atoms with van der Waals surface area (Å²) in [6.07, 6.45) is 1.53. The van der Waals surface area contributed by atoms with E-state index in [4.69, 9.17) is 9.47 Å². The molecule has 9 heteroatoms. The van der Waals surface area contributed by atoms with Crippen molar-refractivity contribution in [3.8, 4) is 11.5 Å². The minimum Gasteiger partial charge on any atom is -0.497 e. The lowest BCUT2D eigenvalue weighted by Crippen LogP contribution is -2.50. The molecule has 2 aliphatic heterocycles. The standard InChI is InChI=1S/C29H33N3O5S/c1-21-5-14-27-26(17-21)32(38(34,35)25-12-10-24(36-2)11-13-25)20-28(37-27)29(33)30-18-22-6-8-23(9-7-22)19-31-15-3-4-16-31/h5-14,17,28H,3-4,15-16,18-20H2,1-2H3,(H,30,33)/t28-/m1/s1. The highest BCUT2D eigenvalue weighted by Gasteiger charge is 2.37. The van der Waals surface area contributed by atoms with Crippen LogP contribution in [0.4, 0.5) is 5.69 Å². The molecule has 1 amide bonds. The Morgan fingerprint density at radius 3 is 2.37 bits per heavy atom. The predicted molar refractivity (Wildman–Crippen MR) is 146 cm³/mol. The molecule has 1 saturated heterocycles. The Hall–Kier alpha value is -3.56. The van der Waals surface area contributed by atoms with Crippen LogP contribution in [-0.4, -0.2) is 52.1 Å². The predicted octanol–water partition coefficient (Wildman–Crippen LogP) is 3.87. The average Bonchev–Trinajstić information content (AvgIpc) is 3.45. The average molecular weight is 536 g/mol. The molecule has 1 atom stereocenters. The van der Waals surface area contributed by atoms with E-state index >= 15 is 0 Å². The van der Waals surface area contributed by atoms with E-state index in [0.717, 1.165) is 30.8 Å². The number of fused-ring (bicyclic) bond motifs is 1. The number of nitrogens with one attached hydrogen (secondary N) is 1. The maximum atomic E-state index is 13.7. The Morgan fingerprint density at radius 1 is 1.00 bits per heavy atom. The van der Waals surface area contributed by atoms with Gasteiger partial charge >= 0.3 is 0 Å². The third-order valence-electron chi connectivity index (χ3n) is 7.02. The number of benzene rings is 3. The van der Waals surface area contributed by atoms with Crippen molar-refractivity contribution in [2.75, 3.05) is 31.0 Å². The second-order valence-corrected chi connectivity index (χ2v) is 11.7. The quantitative estimate of drug-likeness (QED) is 0.471. The first-order chi connectivity index (χ1) is 18.3. The van der Waals surface area contributed by atoms with Crippen molar-refractivity contribution in [1.29, 1.82) is 0 Å². The zero-order valence-corrected chi connectivity index (χ0v) is 22.5. The minimum absolute atomic E-state index is 0.112. The number of anilines is 1. The summed E-state index contributed by atoms with van der Waals surface area (Å²) in [5, 5.41) is 2.92. The van der Waals surface area contributed by atoms with E-state index in [1.807, 2.05) is 25.1 Å². The van der Waals surface area contributed by atoms with Gasteiger partial charge in [0, 0.05) is 13.1 Å². The lowest BCUT2D eigenvalue weighted by molar-refractivity contribution is -0.127. The van der Waals surface area contributed by atoms with Gasteiger partial charge in [-0.3, -0.25) is 14.0 Å². The van der Waals surface area contributed by atoms with Crippen LogP contribution in [0.25, 0.3) is 0 Å². The fourth-order valence-electron chi connectivity index (χ4n) is 4.86. The number of methoxy groups -OCH3 is 1.